The van der Waals surface area contributed by atoms with Gasteiger partial charge in [-0.25, -0.2) is 0 Å². The Morgan fingerprint density at radius 2 is 1.96 bits per heavy atom. The van der Waals surface area contributed by atoms with Crippen LogP contribution in [-0.2, 0) is 0 Å². The molecule has 0 aliphatic carbocycles. The number of benzene rings is 2. The normalized spacial score (nSPS) is 13.2. The van der Waals surface area contributed by atoms with E-state index in [1.54, 1.807) is 25.3 Å². The number of fused-ring (bicyclic) bond motifs is 1. The largest absolute Gasteiger partial charge is 0.492 e. The van der Waals surface area contributed by atoms with Gasteiger partial charge in [0, 0.05) is 16.7 Å². The van der Waals surface area contributed by atoms with Crippen LogP contribution in [0.4, 0.5) is 5.69 Å². The van der Waals surface area contributed by atoms with E-state index in [1.807, 2.05) is 32.1 Å². The van der Waals surface area contributed by atoms with Crippen molar-refractivity contribution in [3.63, 3.8) is 0 Å². The third-order valence-electron chi connectivity index (χ3n) is 4.48. The predicted molar refractivity (Wildman–Crippen MR) is 109 cm³/mol. The van der Waals surface area contributed by atoms with Gasteiger partial charge < -0.3 is 24.7 Å². The number of methoxy groups -OCH3 is 1. The highest BCUT2D eigenvalue weighted by Crippen LogP contribution is 2.42. The van der Waals surface area contributed by atoms with E-state index in [2.05, 4.69) is 0 Å². The van der Waals surface area contributed by atoms with Gasteiger partial charge in [-0.1, -0.05) is 6.92 Å². The van der Waals surface area contributed by atoms with Crippen LogP contribution >= 0.6 is 0 Å². The van der Waals surface area contributed by atoms with Crippen LogP contribution in [0.25, 0.3) is 6.08 Å². The van der Waals surface area contributed by atoms with Gasteiger partial charge in [-0.3, -0.25) is 4.79 Å². The van der Waals surface area contributed by atoms with Crippen LogP contribution in [0.5, 0.6) is 23.0 Å². The maximum Gasteiger partial charge on any atom is 0.204 e. The van der Waals surface area contributed by atoms with Gasteiger partial charge in [-0.15, -0.1) is 0 Å². The van der Waals surface area contributed by atoms with E-state index in [1.165, 1.54) is 0 Å². The average Bonchev–Trinajstić information content (AvgIpc) is 2.72. The molecular weight excluding hydrogens is 358 g/mol. The number of carbonyl (C=O) groups excluding carboxylic acids is 1. The molecular formula is C22H25NO5. The lowest BCUT2D eigenvalue weighted by Gasteiger charge is -2.21. The van der Waals surface area contributed by atoms with Crippen molar-refractivity contribution < 1.29 is 23.7 Å². The summed E-state index contributed by atoms with van der Waals surface area (Å²) >= 11 is 0. The lowest BCUT2D eigenvalue weighted by molar-refractivity contribution is 0.103. The summed E-state index contributed by atoms with van der Waals surface area (Å²) in [5.74, 6) is 2.20. The molecule has 3 rings (SSSR count). The molecule has 6 heteroatoms. The lowest BCUT2D eigenvalue weighted by Crippen LogP contribution is -2.16. The van der Waals surface area contributed by atoms with Crippen LogP contribution in [0.3, 0.4) is 0 Å². The number of nitrogens with two attached hydrogens (primary N) is 1. The van der Waals surface area contributed by atoms with Crippen LogP contribution in [-0.4, -0.2) is 32.7 Å². The van der Waals surface area contributed by atoms with E-state index in [4.69, 9.17) is 24.7 Å². The number of allylic oxidation sites excluding steroid dienone is 1. The van der Waals surface area contributed by atoms with Crippen molar-refractivity contribution in [1.82, 2.24) is 0 Å². The molecule has 0 bridgehead atoms. The summed E-state index contributed by atoms with van der Waals surface area (Å²) < 4.78 is 22.4. The van der Waals surface area contributed by atoms with Crippen molar-refractivity contribution in [2.75, 3.05) is 32.7 Å². The molecule has 148 valence electrons. The minimum atomic E-state index is -0.0830. The van der Waals surface area contributed by atoms with Gasteiger partial charge in [0.2, 0.25) is 5.75 Å². The molecule has 0 saturated heterocycles. The minimum absolute atomic E-state index is 0.0830. The smallest absolute Gasteiger partial charge is 0.204 e. The lowest BCUT2D eigenvalue weighted by atomic mass is 9.98. The van der Waals surface area contributed by atoms with Gasteiger partial charge in [0.1, 0.15) is 19.0 Å². The van der Waals surface area contributed by atoms with Gasteiger partial charge in [0.05, 0.1) is 19.4 Å². The second kappa shape index (κ2) is 8.69. The van der Waals surface area contributed by atoms with Crippen molar-refractivity contribution in [2.45, 2.75) is 20.3 Å². The number of anilines is 1. The number of hydrogen-bond acceptors (Lipinski definition) is 6. The Bertz CT molecular complexity index is 904. The second-order valence-electron chi connectivity index (χ2n) is 6.25. The van der Waals surface area contributed by atoms with Crippen LogP contribution < -0.4 is 24.7 Å². The molecule has 2 aromatic carbocycles. The Kier molecular flexibility index (Phi) is 6.09. The molecule has 0 radical (unpaired) electrons. The zero-order valence-electron chi connectivity index (χ0n) is 16.4. The first-order valence-corrected chi connectivity index (χ1v) is 9.33. The molecule has 0 spiro atoms. The molecule has 0 amide bonds. The van der Waals surface area contributed by atoms with Crippen LogP contribution in [0.15, 0.2) is 35.9 Å². The van der Waals surface area contributed by atoms with Gasteiger partial charge in [-0.2, -0.15) is 0 Å². The van der Waals surface area contributed by atoms with Crippen molar-refractivity contribution in [3.8, 4) is 23.0 Å². The van der Waals surface area contributed by atoms with E-state index in [0.717, 1.165) is 5.56 Å². The SMILES string of the molecule is CCOc1cc(C(=O)/C(=C/c2ccc3c(c2OC)OCCO3)CC)ccc1N. The summed E-state index contributed by atoms with van der Waals surface area (Å²) in [6.45, 7) is 5.26. The summed E-state index contributed by atoms with van der Waals surface area (Å²) in [4.78, 5) is 13.1. The van der Waals surface area contributed by atoms with Crippen LogP contribution in [0.2, 0.25) is 0 Å². The Morgan fingerprint density at radius 1 is 1.18 bits per heavy atom. The topological polar surface area (TPSA) is 80.0 Å². The van der Waals surface area contributed by atoms with Crippen molar-refractivity contribution in [3.05, 3.63) is 47.0 Å². The molecule has 6 nitrogen and oxygen atoms in total. The molecule has 0 atom stereocenters. The Labute approximate surface area is 164 Å². The highest BCUT2D eigenvalue weighted by molar-refractivity contribution is 6.11. The van der Waals surface area contributed by atoms with E-state index in [0.29, 0.717) is 66.1 Å². The summed E-state index contributed by atoms with van der Waals surface area (Å²) in [5, 5.41) is 0. The fraction of sp³-hybridized carbons (Fsp3) is 0.318. The standard InChI is InChI=1S/C22H25NO5/c1-4-14(20(24)15-6-8-17(23)19(13-15)26-5-2)12-16-7-9-18-22(21(16)25-3)28-11-10-27-18/h6-9,12-13H,4-5,10-11,23H2,1-3H3/b14-12+. The molecule has 1 heterocycles. The molecule has 28 heavy (non-hydrogen) atoms. The van der Waals surface area contributed by atoms with E-state index in [-0.39, 0.29) is 5.78 Å². The monoisotopic (exact) mass is 383 g/mol. The number of hydrogen-bond donors (Lipinski definition) is 1. The molecule has 2 aromatic rings. The van der Waals surface area contributed by atoms with Gasteiger partial charge in [-0.05, 0) is 49.8 Å². The molecule has 1 aliphatic rings. The maximum absolute atomic E-state index is 13.1. The fourth-order valence-corrected chi connectivity index (χ4v) is 3.09. The minimum Gasteiger partial charge on any atom is -0.492 e. The molecule has 0 unspecified atom stereocenters. The highest BCUT2D eigenvalue weighted by atomic mass is 16.6. The Morgan fingerprint density at radius 3 is 2.68 bits per heavy atom. The number of nitrogen functional groups attached to an aromatic ring is 1. The van der Waals surface area contributed by atoms with Crippen molar-refractivity contribution in [2.24, 2.45) is 0 Å². The number of Topliss-reactive ketones (excluding diaryl/α,β-unsaturated/α-hetero) is 1. The van der Waals surface area contributed by atoms with E-state index < -0.39 is 0 Å². The number of carbonyl (C=O) groups is 1. The molecule has 0 saturated carbocycles. The quantitative estimate of drug-likeness (QED) is 0.440. The average molecular weight is 383 g/mol. The Balaban J connectivity index is 1.98. The van der Waals surface area contributed by atoms with Crippen molar-refractivity contribution in [1.29, 1.82) is 0 Å². The molecule has 0 fully saturated rings. The van der Waals surface area contributed by atoms with E-state index >= 15 is 0 Å². The zero-order valence-corrected chi connectivity index (χ0v) is 16.4. The molecule has 0 aromatic heterocycles. The summed E-state index contributed by atoms with van der Waals surface area (Å²) in [7, 11) is 1.58. The third kappa shape index (κ3) is 3.91. The van der Waals surface area contributed by atoms with Crippen molar-refractivity contribution >= 4 is 17.5 Å². The maximum atomic E-state index is 13.1. The zero-order chi connectivity index (χ0) is 20.1. The van der Waals surface area contributed by atoms with Crippen LogP contribution in [0.1, 0.15) is 36.2 Å². The first kappa shape index (κ1) is 19.6. The number of ether oxygens (including phenoxy) is 4. The summed E-state index contributed by atoms with van der Waals surface area (Å²) in [6, 6.07) is 8.79. The first-order valence-electron chi connectivity index (χ1n) is 9.33. The third-order valence-corrected chi connectivity index (χ3v) is 4.48. The summed E-state index contributed by atoms with van der Waals surface area (Å²) in [6.07, 6.45) is 2.39. The van der Waals surface area contributed by atoms with Gasteiger partial charge in [0.15, 0.2) is 17.3 Å². The fourth-order valence-electron chi connectivity index (χ4n) is 3.09. The van der Waals surface area contributed by atoms with Gasteiger partial charge in [0.25, 0.3) is 0 Å². The van der Waals surface area contributed by atoms with Gasteiger partial charge >= 0.3 is 0 Å². The van der Waals surface area contributed by atoms with Crippen LogP contribution in [0, 0.1) is 0 Å². The highest BCUT2D eigenvalue weighted by Gasteiger charge is 2.21. The molecule has 2 N–H and O–H groups in total. The molecule has 1 aliphatic heterocycles. The first-order chi connectivity index (χ1) is 13.6. The summed E-state index contributed by atoms with van der Waals surface area (Å²) in [5.41, 5.74) is 8.36. The van der Waals surface area contributed by atoms with E-state index in [9.17, 15) is 4.79 Å². The number of rotatable bonds is 7. The number of ketones is 1. The Hall–Kier alpha value is -3.15. The predicted octanol–water partition coefficient (Wildman–Crippen LogP) is 4.12. The second-order valence-corrected chi connectivity index (χ2v) is 6.25.